The average Bonchev–Trinajstić information content (AvgIpc) is 3.28. The van der Waals surface area contributed by atoms with Crippen LogP contribution in [0.5, 0.6) is 0 Å². The fourth-order valence-corrected chi connectivity index (χ4v) is 8.88. The molecule has 17 heteroatoms. The molecule has 12 atom stereocenters. The molecule has 2 aliphatic rings. The van der Waals surface area contributed by atoms with E-state index < -0.39 is 112 Å². The molecule has 380 valence electrons. The first-order chi connectivity index (χ1) is 31.6. The molecule has 1 aliphatic carbocycles. The molecule has 1 fully saturated rings. The number of carbonyl (C=O) groups is 3. The van der Waals surface area contributed by atoms with Crippen molar-refractivity contribution in [2.24, 2.45) is 11.8 Å². The number of hydrogen-bond acceptors (Lipinski definition) is 15. The van der Waals surface area contributed by atoms with Crippen LogP contribution in [-0.4, -0.2) is 127 Å². The van der Waals surface area contributed by atoms with E-state index >= 15 is 0 Å². The van der Waals surface area contributed by atoms with Gasteiger partial charge in [0.1, 0.15) is 36.8 Å². The molecule has 0 spiro atoms. The zero-order chi connectivity index (χ0) is 48.7. The molecule has 1 saturated carbocycles. The van der Waals surface area contributed by atoms with E-state index in [1.165, 1.54) is 37.5 Å². The fraction of sp³-hybridized carbons (Fsp3) is 0.776. The monoisotopic (exact) mass is 959 g/mol. The molecule has 16 nitrogen and oxygen atoms in total. The second-order valence-electron chi connectivity index (χ2n) is 17.7. The average molecular weight is 959 g/mol. The Morgan fingerprint density at radius 1 is 0.803 bits per heavy atom. The zero-order valence-electron chi connectivity index (χ0n) is 39.4. The van der Waals surface area contributed by atoms with Crippen LogP contribution in [0.2, 0.25) is 0 Å². The summed E-state index contributed by atoms with van der Waals surface area (Å²) < 4.78 is 34.6. The standard InChI is InChI=1S/C49H83O16P/c1-3-5-7-8-9-10-11-12-13-14-15-16-17-18-19-20-25-29-42(53)62-34-37-35-63-66(60,61)65-49-47(58)45(56)39(32-31-36(50)27-23-6-4-2)41(52)33-40(51)38(44(55)46(57)48(49)59)28-24-21-22-26-30-43(54)64-37/h9-10,12-13,21,24,31-32,36-39,41,44-50,52,55-59H,3-8,11,14-20,22-23,25-30,33-35H2,1-2H3,(H,60,61)/b10-9-,13-12-,24-21-,32-31+/t36-,37+,38-,39-,41+,44+,45+,46-,47+,48+,49+/m0/s1. The lowest BCUT2D eigenvalue weighted by atomic mass is 9.84. The highest BCUT2D eigenvalue weighted by atomic mass is 31.2. The van der Waals surface area contributed by atoms with Crippen molar-refractivity contribution in [3.05, 3.63) is 48.6 Å². The van der Waals surface area contributed by atoms with Crippen molar-refractivity contribution in [3.63, 3.8) is 0 Å². The van der Waals surface area contributed by atoms with Crippen molar-refractivity contribution in [1.29, 1.82) is 0 Å². The predicted molar refractivity (Wildman–Crippen MR) is 250 cm³/mol. The number of ketones is 1. The second kappa shape index (κ2) is 34.6. The maximum atomic E-state index is 13.6. The number of allylic oxidation sites excluding steroid dienone is 6. The molecule has 0 aromatic carbocycles. The minimum absolute atomic E-state index is 0.0937. The number of aliphatic hydroxyl groups excluding tert-OH is 7. The van der Waals surface area contributed by atoms with Crippen LogP contribution in [0.3, 0.4) is 0 Å². The minimum atomic E-state index is -5.46. The SMILES string of the molecule is CCCCC/C=C\C/C=C\CCCCCCCCCC(=O)OC[C@@H]1COP(=O)(O)O[C@H]2[C@H](O)[C@@H](O)[C@H](O)[C@@H](C/C=C\CCCC(=O)O1)C(=O)C[C@@H](O)[C@H](/C=C/[C@@H](O)CCCCC)[C@@H](O)[C@H]2O. The van der Waals surface area contributed by atoms with Gasteiger partial charge in [0.05, 0.1) is 31.0 Å². The molecule has 0 amide bonds. The van der Waals surface area contributed by atoms with Crippen LogP contribution in [0.1, 0.15) is 162 Å². The van der Waals surface area contributed by atoms with E-state index in [9.17, 15) is 59.6 Å². The smallest absolute Gasteiger partial charge is 0.462 e. The molecule has 8 N–H and O–H groups in total. The molecular weight excluding hydrogens is 875 g/mol. The fourth-order valence-electron chi connectivity index (χ4n) is 7.90. The summed E-state index contributed by atoms with van der Waals surface area (Å²) in [4.78, 5) is 50.0. The third-order valence-electron chi connectivity index (χ3n) is 12.0. The number of esters is 2. The Kier molecular flexibility index (Phi) is 31.2. The van der Waals surface area contributed by atoms with Gasteiger partial charge in [0, 0.05) is 31.1 Å². The number of ether oxygens (including phenoxy) is 2. The molecule has 0 aromatic heterocycles. The van der Waals surface area contributed by atoms with Gasteiger partial charge in [0.2, 0.25) is 0 Å². The van der Waals surface area contributed by atoms with Crippen LogP contribution in [0.15, 0.2) is 48.6 Å². The number of phosphoric ester groups is 1. The summed E-state index contributed by atoms with van der Waals surface area (Å²) in [6.45, 7) is 2.77. The Bertz CT molecular complexity index is 1520. The predicted octanol–water partition coefficient (Wildman–Crippen LogP) is 6.54. The molecule has 0 saturated heterocycles. The van der Waals surface area contributed by atoms with Gasteiger partial charge in [0.15, 0.2) is 6.10 Å². The van der Waals surface area contributed by atoms with Gasteiger partial charge in [-0.2, -0.15) is 0 Å². The Hall–Kier alpha value is -2.60. The number of fused-ring (bicyclic) bond motifs is 4. The number of hydrogen-bond donors (Lipinski definition) is 8. The van der Waals surface area contributed by atoms with Gasteiger partial charge in [-0.3, -0.25) is 23.4 Å². The second-order valence-corrected chi connectivity index (χ2v) is 19.1. The number of rotatable bonds is 24. The van der Waals surface area contributed by atoms with E-state index in [-0.39, 0.29) is 25.7 Å². The Labute approximate surface area is 392 Å². The zero-order valence-corrected chi connectivity index (χ0v) is 40.3. The Morgan fingerprint density at radius 2 is 1.42 bits per heavy atom. The summed E-state index contributed by atoms with van der Waals surface area (Å²) in [5.74, 6) is -5.07. The van der Waals surface area contributed by atoms with Crippen LogP contribution in [-0.2, 0) is 37.5 Å². The number of cyclic esters (lactones) is 1. The summed E-state index contributed by atoms with van der Waals surface area (Å²) in [5.41, 5.74) is 0. The van der Waals surface area contributed by atoms with Gasteiger partial charge >= 0.3 is 19.8 Å². The summed E-state index contributed by atoms with van der Waals surface area (Å²) in [5, 5.41) is 78.4. The molecule has 0 aromatic rings. The lowest BCUT2D eigenvalue weighted by Gasteiger charge is -2.36. The normalized spacial score (nSPS) is 31.2. The van der Waals surface area contributed by atoms with Crippen molar-refractivity contribution in [3.8, 4) is 0 Å². The van der Waals surface area contributed by atoms with Gasteiger partial charge in [-0.05, 0) is 64.2 Å². The molecule has 2 bridgehead atoms. The third kappa shape index (κ3) is 24.6. The van der Waals surface area contributed by atoms with Crippen molar-refractivity contribution >= 4 is 25.5 Å². The number of carbonyl (C=O) groups excluding carboxylic acids is 3. The van der Waals surface area contributed by atoms with E-state index in [1.807, 2.05) is 6.92 Å². The Morgan fingerprint density at radius 3 is 2.11 bits per heavy atom. The minimum Gasteiger partial charge on any atom is -0.462 e. The number of unbranched alkanes of at least 4 members (excludes halogenated alkanes) is 12. The van der Waals surface area contributed by atoms with Crippen LogP contribution in [0.4, 0.5) is 0 Å². The maximum absolute atomic E-state index is 13.6. The van der Waals surface area contributed by atoms with Crippen molar-refractivity contribution in [2.45, 2.75) is 216 Å². The van der Waals surface area contributed by atoms with Gasteiger partial charge in [-0.1, -0.05) is 127 Å². The van der Waals surface area contributed by atoms with Crippen LogP contribution in [0, 0.1) is 11.8 Å². The molecule has 66 heavy (non-hydrogen) atoms. The molecule has 1 unspecified atom stereocenters. The highest BCUT2D eigenvalue weighted by Gasteiger charge is 2.49. The lowest BCUT2D eigenvalue weighted by Crippen LogP contribution is -2.55. The van der Waals surface area contributed by atoms with Gasteiger partial charge in [0.25, 0.3) is 0 Å². The number of aliphatic hydroxyl groups is 7. The summed E-state index contributed by atoms with van der Waals surface area (Å²) in [7, 11) is -5.46. The maximum Gasteiger partial charge on any atom is 0.472 e. The van der Waals surface area contributed by atoms with E-state index in [4.69, 9.17) is 18.5 Å². The summed E-state index contributed by atoms with van der Waals surface area (Å²) >= 11 is 0. The number of Topliss-reactive ketones (excluding diaryl/α,β-unsaturated/α-hetero) is 1. The summed E-state index contributed by atoms with van der Waals surface area (Å²) in [6.07, 6.45) is 12.7. The van der Waals surface area contributed by atoms with Gasteiger partial charge in [-0.15, -0.1) is 0 Å². The van der Waals surface area contributed by atoms with Crippen LogP contribution < -0.4 is 0 Å². The highest BCUT2D eigenvalue weighted by molar-refractivity contribution is 7.47. The molecule has 0 radical (unpaired) electrons. The van der Waals surface area contributed by atoms with Gasteiger partial charge in [-0.25, -0.2) is 4.57 Å². The van der Waals surface area contributed by atoms with Crippen LogP contribution in [0.25, 0.3) is 0 Å². The first-order valence-electron chi connectivity index (χ1n) is 24.5. The van der Waals surface area contributed by atoms with E-state index in [0.717, 1.165) is 70.6 Å². The molecule has 1 aliphatic heterocycles. The van der Waals surface area contributed by atoms with Crippen LogP contribution >= 0.6 is 7.82 Å². The third-order valence-corrected chi connectivity index (χ3v) is 13.0. The van der Waals surface area contributed by atoms with Crippen molar-refractivity contribution < 1.29 is 78.1 Å². The number of phosphoric acid groups is 1. The largest absolute Gasteiger partial charge is 0.472 e. The molecule has 2 rings (SSSR count). The summed E-state index contributed by atoms with van der Waals surface area (Å²) in [6, 6.07) is 0. The molecular formula is C49H83O16P. The first kappa shape index (κ1) is 59.5. The first-order valence-corrected chi connectivity index (χ1v) is 26.0. The highest BCUT2D eigenvalue weighted by Crippen LogP contribution is 2.47. The topological polar surface area (TPSA) is 267 Å². The quantitative estimate of drug-likeness (QED) is 0.0221. The molecule has 1 heterocycles. The van der Waals surface area contributed by atoms with E-state index in [1.54, 1.807) is 6.08 Å². The van der Waals surface area contributed by atoms with E-state index in [0.29, 0.717) is 25.7 Å². The Balaban J connectivity index is 2.10. The lowest BCUT2D eigenvalue weighted by molar-refractivity contribution is -0.166. The van der Waals surface area contributed by atoms with Gasteiger partial charge < -0.3 is 50.1 Å². The van der Waals surface area contributed by atoms with Crippen molar-refractivity contribution in [1.82, 2.24) is 0 Å². The van der Waals surface area contributed by atoms with Crippen molar-refractivity contribution in [2.75, 3.05) is 13.2 Å². The van der Waals surface area contributed by atoms with E-state index in [2.05, 4.69) is 31.2 Å².